The van der Waals surface area contributed by atoms with Crippen molar-refractivity contribution >= 4 is 23.4 Å². The molecule has 1 aromatic heterocycles. The molecule has 0 bridgehead atoms. The van der Waals surface area contributed by atoms with Crippen molar-refractivity contribution in [3.05, 3.63) is 35.0 Å². The third kappa shape index (κ3) is 3.39. The second kappa shape index (κ2) is 5.92. The third-order valence-electron chi connectivity index (χ3n) is 1.67. The number of ether oxygens (including phenoxy) is 1. The van der Waals surface area contributed by atoms with E-state index in [0.29, 0.717) is 4.88 Å². The number of amides is 1. The Morgan fingerprint density at radius 3 is 2.94 bits per heavy atom. The van der Waals surface area contributed by atoms with Gasteiger partial charge in [-0.15, -0.1) is 11.3 Å². The van der Waals surface area contributed by atoms with E-state index in [4.69, 9.17) is 5.11 Å². The van der Waals surface area contributed by atoms with E-state index in [0.717, 1.165) is 0 Å². The summed E-state index contributed by atoms with van der Waals surface area (Å²) in [4.78, 5) is 22.6. The first-order valence-corrected chi connectivity index (χ1v) is 5.33. The van der Waals surface area contributed by atoms with Gasteiger partial charge in [0.1, 0.15) is 6.61 Å². The Hall–Kier alpha value is -1.82. The molecular formula is C10H11NO4S. The molecule has 0 aliphatic heterocycles. The molecular weight excluding hydrogens is 230 g/mol. The zero-order valence-corrected chi connectivity index (χ0v) is 9.20. The van der Waals surface area contributed by atoms with E-state index in [-0.39, 0.29) is 6.61 Å². The van der Waals surface area contributed by atoms with Crippen LogP contribution in [0.15, 0.2) is 30.2 Å². The van der Waals surface area contributed by atoms with Crippen molar-refractivity contribution in [2.24, 2.45) is 0 Å². The predicted octanol–water partition coefficient (Wildman–Crippen LogP) is 1.79. The van der Waals surface area contributed by atoms with Gasteiger partial charge in [-0.25, -0.2) is 9.59 Å². The molecule has 0 radical (unpaired) electrons. The average Bonchev–Trinajstić information content (AvgIpc) is 2.75. The second-order valence-electron chi connectivity index (χ2n) is 2.82. The van der Waals surface area contributed by atoms with Gasteiger partial charge in [0.15, 0.2) is 6.04 Å². The summed E-state index contributed by atoms with van der Waals surface area (Å²) in [5, 5.41) is 12.9. The van der Waals surface area contributed by atoms with Crippen LogP contribution in [0.4, 0.5) is 4.79 Å². The highest BCUT2D eigenvalue weighted by Crippen LogP contribution is 2.19. The molecule has 1 atom stereocenters. The van der Waals surface area contributed by atoms with Crippen LogP contribution in [0.1, 0.15) is 10.9 Å². The lowest BCUT2D eigenvalue weighted by molar-refractivity contribution is -0.139. The molecule has 1 rings (SSSR count). The predicted molar refractivity (Wildman–Crippen MR) is 59.4 cm³/mol. The van der Waals surface area contributed by atoms with Crippen LogP contribution in [0.2, 0.25) is 0 Å². The summed E-state index contributed by atoms with van der Waals surface area (Å²) < 4.78 is 4.64. The first kappa shape index (κ1) is 12.3. The minimum absolute atomic E-state index is 0.0443. The standard InChI is InChI=1S/C10H11NO4S/c1-2-5-15-10(14)11-8(9(12)13)7-4-3-6-16-7/h2-4,6,8H,1,5H2,(H,11,14)(H,12,13). The van der Waals surface area contributed by atoms with Gasteiger partial charge in [-0.1, -0.05) is 18.7 Å². The molecule has 0 fully saturated rings. The molecule has 2 N–H and O–H groups in total. The van der Waals surface area contributed by atoms with Crippen molar-refractivity contribution in [1.29, 1.82) is 0 Å². The molecule has 0 aromatic carbocycles. The van der Waals surface area contributed by atoms with Gasteiger partial charge in [-0.05, 0) is 11.4 Å². The van der Waals surface area contributed by atoms with Gasteiger partial charge in [0.25, 0.3) is 0 Å². The molecule has 5 nitrogen and oxygen atoms in total. The molecule has 0 saturated heterocycles. The van der Waals surface area contributed by atoms with Gasteiger partial charge in [0.05, 0.1) is 0 Å². The highest BCUT2D eigenvalue weighted by molar-refractivity contribution is 7.10. The maximum Gasteiger partial charge on any atom is 0.408 e. The van der Waals surface area contributed by atoms with E-state index in [9.17, 15) is 9.59 Å². The van der Waals surface area contributed by atoms with Crippen molar-refractivity contribution in [3.63, 3.8) is 0 Å². The van der Waals surface area contributed by atoms with Crippen LogP contribution in [0, 0.1) is 0 Å². The van der Waals surface area contributed by atoms with Crippen LogP contribution < -0.4 is 5.32 Å². The van der Waals surface area contributed by atoms with Crippen LogP contribution in [0.25, 0.3) is 0 Å². The smallest absolute Gasteiger partial charge is 0.408 e. The number of alkyl carbamates (subject to hydrolysis) is 1. The Labute approximate surface area is 96.4 Å². The Morgan fingerprint density at radius 2 is 2.44 bits per heavy atom. The van der Waals surface area contributed by atoms with Crippen LogP contribution in [0.5, 0.6) is 0 Å². The molecule has 86 valence electrons. The number of carboxylic acids is 1. The third-order valence-corrected chi connectivity index (χ3v) is 2.61. The van der Waals surface area contributed by atoms with Gasteiger partial charge < -0.3 is 15.2 Å². The van der Waals surface area contributed by atoms with E-state index in [1.54, 1.807) is 17.5 Å². The minimum atomic E-state index is -1.13. The summed E-state index contributed by atoms with van der Waals surface area (Å²) in [5.74, 6) is -1.13. The number of carbonyl (C=O) groups excluding carboxylic acids is 1. The zero-order chi connectivity index (χ0) is 12.0. The summed E-state index contributed by atoms with van der Waals surface area (Å²) in [5.41, 5.74) is 0. The van der Waals surface area contributed by atoms with E-state index in [1.165, 1.54) is 17.4 Å². The molecule has 1 heterocycles. The molecule has 16 heavy (non-hydrogen) atoms. The lowest BCUT2D eigenvalue weighted by Crippen LogP contribution is -2.33. The van der Waals surface area contributed by atoms with Gasteiger partial charge in [0.2, 0.25) is 0 Å². The quantitative estimate of drug-likeness (QED) is 0.770. The first-order chi connectivity index (χ1) is 7.65. The van der Waals surface area contributed by atoms with Crippen LogP contribution in [-0.4, -0.2) is 23.8 Å². The average molecular weight is 241 g/mol. The number of carboxylic acid groups (broad SMARTS) is 1. The van der Waals surface area contributed by atoms with Crippen molar-refractivity contribution in [2.45, 2.75) is 6.04 Å². The van der Waals surface area contributed by atoms with Crippen LogP contribution in [-0.2, 0) is 9.53 Å². The minimum Gasteiger partial charge on any atom is -0.479 e. The molecule has 1 amide bonds. The largest absolute Gasteiger partial charge is 0.479 e. The number of thiophene rings is 1. The maximum atomic E-state index is 11.2. The van der Waals surface area contributed by atoms with E-state index in [2.05, 4.69) is 16.6 Å². The summed E-state index contributed by atoms with van der Waals surface area (Å²) >= 11 is 1.25. The molecule has 1 unspecified atom stereocenters. The highest BCUT2D eigenvalue weighted by atomic mass is 32.1. The Balaban J connectivity index is 2.63. The summed E-state index contributed by atoms with van der Waals surface area (Å²) in [6.07, 6.45) is 0.626. The summed E-state index contributed by atoms with van der Waals surface area (Å²) in [7, 11) is 0. The number of hydrogen-bond donors (Lipinski definition) is 2. The Morgan fingerprint density at radius 1 is 1.69 bits per heavy atom. The highest BCUT2D eigenvalue weighted by Gasteiger charge is 2.23. The van der Waals surface area contributed by atoms with E-state index >= 15 is 0 Å². The second-order valence-corrected chi connectivity index (χ2v) is 3.80. The van der Waals surface area contributed by atoms with Gasteiger partial charge in [0, 0.05) is 4.88 Å². The molecule has 0 spiro atoms. The lowest BCUT2D eigenvalue weighted by atomic mass is 10.2. The summed E-state index contributed by atoms with van der Waals surface area (Å²) in [6.45, 7) is 3.42. The normalized spacial score (nSPS) is 11.5. The molecule has 1 aromatic rings. The maximum absolute atomic E-state index is 11.2. The van der Waals surface area contributed by atoms with Crippen LogP contribution in [0.3, 0.4) is 0 Å². The number of hydrogen-bond acceptors (Lipinski definition) is 4. The van der Waals surface area contributed by atoms with Gasteiger partial charge in [-0.2, -0.15) is 0 Å². The number of aliphatic carboxylic acids is 1. The van der Waals surface area contributed by atoms with E-state index in [1.807, 2.05) is 0 Å². The van der Waals surface area contributed by atoms with Crippen LogP contribution >= 0.6 is 11.3 Å². The summed E-state index contributed by atoms with van der Waals surface area (Å²) in [6, 6.07) is 2.28. The fraction of sp³-hybridized carbons (Fsp3) is 0.200. The lowest BCUT2D eigenvalue weighted by Gasteiger charge is -2.12. The topological polar surface area (TPSA) is 75.6 Å². The van der Waals surface area contributed by atoms with E-state index < -0.39 is 18.1 Å². The zero-order valence-electron chi connectivity index (χ0n) is 8.38. The fourth-order valence-corrected chi connectivity index (χ4v) is 1.77. The fourth-order valence-electron chi connectivity index (χ4n) is 1.00. The van der Waals surface area contributed by atoms with Gasteiger partial charge in [-0.3, -0.25) is 0 Å². The number of carbonyl (C=O) groups is 2. The van der Waals surface area contributed by atoms with Gasteiger partial charge >= 0.3 is 12.1 Å². The Bertz CT molecular complexity index is 374. The SMILES string of the molecule is C=CCOC(=O)NC(C(=O)O)c1cccs1. The Kier molecular flexibility index (Phi) is 4.53. The molecule has 0 aliphatic carbocycles. The van der Waals surface area contributed by atoms with Crippen molar-refractivity contribution in [3.8, 4) is 0 Å². The first-order valence-electron chi connectivity index (χ1n) is 4.45. The molecule has 0 aliphatic rings. The van der Waals surface area contributed by atoms with Crippen molar-refractivity contribution in [2.75, 3.05) is 6.61 Å². The molecule has 6 heteroatoms. The molecule has 0 saturated carbocycles. The number of rotatable bonds is 5. The van der Waals surface area contributed by atoms with Crippen molar-refractivity contribution in [1.82, 2.24) is 5.32 Å². The van der Waals surface area contributed by atoms with Crippen molar-refractivity contribution < 1.29 is 19.4 Å². The number of nitrogens with one attached hydrogen (secondary N) is 1. The monoisotopic (exact) mass is 241 g/mol.